The lowest BCUT2D eigenvalue weighted by molar-refractivity contribution is -0.119. The van der Waals surface area contributed by atoms with Crippen LogP contribution in [0.3, 0.4) is 0 Å². The minimum Gasteiger partial charge on any atom is -0.462 e. The molecule has 2 rings (SSSR count). The highest BCUT2D eigenvalue weighted by Crippen LogP contribution is 2.30. The Kier molecular flexibility index (Phi) is 7.73. The number of hydrogen-bond donors (Lipinski definition) is 1. The van der Waals surface area contributed by atoms with E-state index in [0.29, 0.717) is 11.4 Å². The van der Waals surface area contributed by atoms with E-state index in [2.05, 4.69) is 10.3 Å². The fourth-order valence-electron chi connectivity index (χ4n) is 3.30. The van der Waals surface area contributed by atoms with Crippen molar-refractivity contribution in [2.24, 2.45) is 0 Å². The number of rotatable bonds is 8. The third-order valence-corrected chi connectivity index (χ3v) is 4.56. The molecule has 0 fully saturated rings. The second kappa shape index (κ2) is 10.1. The van der Waals surface area contributed by atoms with Gasteiger partial charge in [0.2, 0.25) is 11.8 Å². The molecule has 0 aromatic carbocycles. The van der Waals surface area contributed by atoms with Crippen LogP contribution < -0.4 is 11.0 Å². The van der Waals surface area contributed by atoms with Gasteiger partial charge in [-0.3, -0.25) is 14.7 Å². The Morgan fingerprint density at radius 3 is 2.16 bits per heavy atom. The SMILES string of the molecule is CCOC(=O)c1c(C)oc(NC(=O)C(CC)n2c(C)cc(C)nc2=O)c1C(=O)OCC. The van der Waals surface area contributed by atoms with Crippen molar-refractivity contribution in [1.82, 2.24) is 9.55 Å². The quantitative estimate of drug-likeness (QED) is 0.629. The molecule has 1 amide bonds. The summed E-state index contributed by atoms with van der Waals surface area (Å²) in [6.07, 6.45) is 0.274. The molecule has 0 bridgehead atoms. The second-order valence-corrected chi connectivity index (χ2v) is 6.78. The molecule has 10 nitrogen and oxygen atoms in total. The highest BCUT2D eigenvalue weighted by Gasteiger charge is 2.33. The maximum atomic E-state index is 13.1. The van der Waals surface area contributed by atoms with Gasteiger partial charge in [0.1, 0.15) is 22.9 Å². The summed E-state index contributed by atoms with van der Waals surface area (Å²) in [6, 6.07) is 0.782. The number of furan rings is 1. The number of anilines is 1. The smallest absolute Gasteiger partial charge is 0.348 e. The van der Waals surface area contributed by atoms with Crippen LogP contribution in [0.25, 0.3) is 0 Å². The molecule has 1 N–H and O–H groups in total. The molecule has 31 heavy (non-hydrogen) atoms. The number of esters is 2. The topological polar surface area (TPSA) is 130 Å². The first kappa shape index (κ1) is 23.8. The molecule has 0 spiro atoms. The van der Waals surface area contributed by atoms with Crippen molar-refractivity contribution in [1.29, 1.82) is 0 Å². The number of ether oxygens (including phenoxy) is 2. The van der Waals surface area contributed by atoms with Gasteiger partial charge < -0.3 is 13.9 Å². The van der Waals surface area contributed by atoms with E-state index in [9.17, 15) is 19.2 Å². The highest BCUT2D eigenvalue weighted by atomic mass is 16.5. The summed E-state index contributed by atoms with van der Waals surface area (Å²) < 4.78 is 16.8. The number of nitrogens with zero attached hydrogens (tertiary/aromatic N) is 2. The van der Waals surface area contributed by atoms with Crippen molar-refractivity contribution in [3.63, 3.8) is 0 Å². The van der Waals surface area contributed by atoms with E-state index in [1.165, 1.54) is 11.5 Å². The van der Waals surface area contributed by atoms with Crippen molar-refractivity contribution < 1.29 is 28.3 Å². The summed E-state index contributed by atoms with van der Waals surface area (Å²) in [5.74, 6) is -2.36. The van der Waals surface area contributed by atoms with Crippen LogP contribution in [-0.2, 0) is 14.3 Å². The highest BCUT2D eigenvalue weighted by molar-refractivity contribution is 6.09. The van der Waals surface area contributed by atoms with E-state index in [1.54, 1.807) is 40.7 Å². The number of aromatic nitrogens is 2. The molecule has 0 radical (unpaired) electrons. The third kappa shape index (κ3) is 5.01. The van der Waals surface area contributed by atoms with Gasteiger partial charge >= 0.3 is 17.6 Å². The van der Waals surface area contributed by atoms with Crippen LogP contribution in [0, 0.1) is 20.8 Å². The lowest BCUT2D eigenvalue weighted by atomic mass is 10.1. The zero-order chi connectivity index (χ0) is 23.3. The van der Waals surface area contributed by atoms with Gasteiger partial charge in [0, 0.05) is 11.4 Å². The van der Waals surface area contributed by atoms with Gasteiger partial charge in [0.15, 0.2) is 0 Å². The standard InChI is InChI=1S/C21H27N3O7/c1-7-14(24-12(5)10-11(4)22-21(24)28)17(25)23-18-16(20(27)30-9-3)15(13(6)31-18)19(26)29-8-2/h10,14H,7-9H2,1-6H3,(H,23,25). The summed E-state index contributed by atoms with van der Waals surface area (Å²) in [5, 5.41) is 2.52. The Hall–Kier alpha value is -3.43. The summed E-state index contributed by atoms with van der Waals surface area (Å²) in [7, 11) is 0. The molecule has 1 atom stereocenters. The zero-order valence-electron chi connectivity index (χ0n) is 18.5. The van der Waals surface area contributed by atoms with Crippen LogP contribution in [0.4, 0.5) is 5.88 Å². The number of hydrogen-bond acceptors (Lipinski definition) is 8. The molecule has 2 aromatic rings. The number of aryl methyl sites for hydroxylation is 3. The van der Waals surface area contributed by atoms with Gasteiger partial charge in [0.05, 0.1) is 13.2 Å². The maximum absolute atomic E-state index is 13.1. The van der Waals surface area contributed by atoms with E-state index >= 15 is 0 Å². The van der Waals surface area contributed by atoms with Crippen LogP contribution in [0.2, 0.25) is 0 Å². The second-order valence-electron chi connectivity index (χ2n) is 6.78. The van der Waals surface area contributed by atoms with Gasteiger partial charge in [-0.1, -0.05) is 6.92 Å². The molecule has 10 heteroatoms. The fourth-order valence-corrected chi connectivity index (χ4v) is 3.30. The monoisotopic (exact) mass is 433 g/mol. The van der Waals surface area contributed by atoms with Crippen LogP contribution >= 0.6 is 0 Å². The Morgan fingerprint density at radius 2 is 1.65 bits per heavy atom. The van der Waals surface area contributed by atoms with Crippen molar-refractivity contribution in [3.05, 3.63) is 44.8 Å². The lowest BCUT2D eigenvalue weighted by Crippen LogP contribution is -2.36. The fraction of sp³-hybridized carbons (Fsp3) is 0.476. The Morgan fingerprint density at radius 1 is 1.06 bits per heavy atom. The van der Waals surface area contributed by atoms with E-state index in [4.69, 9.17) is 13.9 Å². The molecular weight excluding hydrogens is 406 g/mol. The van der Waals surface area contributed by atoms with E-state index in [0.717, 1.165) is 0 Å². The molecular formula is C21H27N3O7. The number of nitrogens with one attached hydrogen (secondary N) is 1. The normalized spacial score (nSPS) is 11.7. The Balaban J connectivity index is 2.50. The first-order valence-corrected chi connectivity index (χ1v) is 10.0. The first-order valence-electron chi connectivity index (χ1n) is 10.0. The Bertz CT molecular complexity index is 1050. The predicted octanol–water partition coefficient (Wildman–Crippen LogP) is 2.70. The molecule has 2 heterocycles. The van der Waals surface area contributed by atoms with Gasteiger partial charge in [-0.25, -0.2) is 14.4 Å². The minimum atomic E-state index is -0.910. The van der Waals surface area contributed by atoms with Gasteiger partial charge in [-0.2, -0.15) is 4.98 Å². The molecule has 0 saturated heterocycles. The summed E-state index contributed by atoms with van der Waals surface area (Å²) in [5.41, 5.74) is 0.196. The third-order valence-electron chi connectivity index (χ3n) is 4.56. The summed E-state index contributed by atoms with van der Waals surface area (Å²) in [6.45, 7) is 9.98. The van der Waals surface area contributed by atoms with E-state index < -0.39 is 29.6 Å². The van der Waals surface area contributed by atoms with Crippen molar-refractivity contribution in [2.75, 3.05) is 18.5 Å². The summed E-state index contributed by atoms with van der Waals surface area (Å²) >= 11 is 0. The van der Waals surface area contributed by atoms with Gasteiger partial charge in [-0.05, 0) is 47.1 Å². The van der Waals surface area contributed by atoms with Crippen molar-refractivity contribution in [2.45, 2.75) is 54.0 Å². The molecule has 0 aliphatic carbocycles. The molecule has 2 aromatic heterocycles. The largest absolute Gasteiger partial charge is 0.462 e. The van der Waals surface area contributed by atoms with Crippen LogP contribution in [0.15, 0.2) is 15.3 Å². The Labute approximate surface area is 179 Å². The minimum absolute atomic E-state index is 0.0555. The van der Waals surface area contributed by atoms with Crippen molar-refractivity contribution >= 4 is 23.7 Å². The average Bonchev–Trinajstić information content (AvgIpc) is 3.00. The van der Waals surface area contributed by atoms with E-state index in [-0.39, 0.29) is 42.4 Å². The van der Waals surface area contributed by atoms with E-state index in [1.807, 2.05) is 0 Å². The average molecular weight is 433 g/mol. The lowest BCUT2D eigenvalue weighted by Gasteiger charge is -2.19. The number of carbonyl (C=O) groups is 3. The molecule has 0 aliphatic rings. The summed E-state index contributed by atoms with van der Waals surface area (Å²) in [4.78, 5) is 54.3. The number of amides is 1. The zero-order valence-corrected chi connectivity index (χ0v) is 18.5. The predicted molar refractivity (Wildman–Crippen MR) is 111 cm³/mol. The molecule has 0 saturated carbocycles. The van der Waals surface area contributed by atoms with Gasteiger partial charge in [-0.15, -0.1) is 0 Å². The van der Waals surface area contributed by atoms with Crippen LogP contribution in [-0.4, -0.2) is 40.6 Å². The van der Waals surface area contributed by atoms with Gasteiger partial charge in [0.25, 0.3) is 0 Å². The van der Waals surface area contributed by atoms with Crippen LogP contribution in [0.5, 0.6) is 0 Å². The van der Waals surface area contributed by atoms with Crippen molar-refractivity contribution in [3.8, 4) is 0 Å². The maximum Gasteiger partial charge on any atom is 0.348 e. The molecule has 168 valence electrons. The molecule has 1 unspecified atom stereocenters. The first-order chi connectivity index (χ1) is 14.7. The molecule has 0 aliphatic heterocycles. The number of carbonyl (C=O) groups excluding carboxylic acids is 3. The van der Waals surface area contributed by atoms with Crippen LogP contribution in [0.1, 0.15) is 71.1 Å².